The summed E-state index contributed by atoms with van der Waals surface area (Å²) in [6, 6.07) is 22.3. The van der Waals surface area contributed by atoms with E-state index in [1.165, 1.54) is 36.8 Å². The van der Waals surface area contributed by atoms with Gasteiger partial charge in [-0.05, 0) is 36.8 Å². The lowest BCUT2D eigenvalue weighted by molar-refractivity contribution is -0.339. The average Bonchev–Trinajstić information content (AvgIpc) is 3.26. The number of hydrogen-bond acceptors (Lipinski definition) is 3. The smallest absolute Gasteiger partial charge is 0.0621 e. The molecule has 3 heteroatoms. The molecule has 0 spiro atoms. The van der Waals surface area contributed by atoms with Gasteiger partial charge in [0.1, 0.15) is 0 Å². The molecule has 2 unspecified atom stereocenters. The van der Waals surface area contributed by atoms with Crippen molar-refractivity contribution in [2.45, 2.75) is 37.8 Å². The van der Waals surface area contributed by atoms with Gasteiger partial charge in [-0.3, -0.25) is 0 Å². The second kappa shape index (κ2) is 6.83. The molecule has 2 atom stereocenters. The van der Waals surface area contributed by atoms with Gasteiger partial charge in [0.05, 0.1) is 12.1 Å². The van der Waals surface area contributed by atoms with E-state index < -0.39 is 0 Å². The summed E-state index contributed by atoms with van der Waals surface area (Å²) in [4.78, 5) is 6.37. The van der Waals surface area contributed by atoms with Gasteiger partial charge >= 0.3 is 0 Å². The third-order valence-electron chi connectivity index (χ3n) is 4.99. The van der Waals surface area contributed by atoms with E-state index in [-0.39, 0.29) is 0 Å². The Balaban J connectivity index is 1.48. The summed E-state index contributed by atoms with van der Waals surface area (Å²) in [7, 11) is 0. The normalized spacial score (nSPS) is 25.9. The standard InChI is InChI=1S/C20H24N2O/c1-3-9-17(10-4-1)19-13-7-15-21(19)23-22-16-8-14-20(22)18-11-5-2-6-12-18/h1-6,9-12,19-20H,7-8,13-16H2. The summed E-state index contributed by atoms with van der Waals surface area (Å²) in [5, 5.41) is 4.38. The quantitative estimate of drug-likeness (QED) is 0.826. The number of benzene rings is 2. The molecular weight excluding hydrogens is 284 g/mol. The summed E-state index contributed by atoms with van der Waals surface area (Å²) in [5.74, 6) is 0. The highest BCUT2D eigenvalue weighted by molar-refractivity contribution is 5.20. The Morgan fingerprint density at radius 2 is 1.09 bits per heavy atom. The van der Waals surface area contributed by atoms with Gasteiger partial charge in [-0.2, -0.15) is 10.1 Å². The van der Waals surface area contributed by atoms with E-state index in [1.54, 1.807) is 0 Å². The van der Waals surface area contributed by atoms with Crippen molar-refractivity contribution in [1.29, 1.82) is 0 Å². The van der Waals surface area contributed by atoms with Crippen LogP contribution in [0.3, 0.4) is 0 Å². The maximum atomic E-state index is 6.37. The Morgan fingerprint density at radius 1 is 0.652 bits per heavy atom. The number of nitrogens with zero attached hydrogens (tertiary/aromatic N) is 2. The highest BCUT2D eigenvalue weighted by Gasteiger charge is 2.33. The SMILES string of the molecule is c1ccc(C2CCCN2ON2CCCC2c2ccccc2)cc1. The molecular formula is C20H24N2O. The molecule has 2 heterocycles. The molecule has 2 aliphatic heterocycles. The zero-order valence-electron chi connectivity index (χ0n) is 13.5. The molecule has 120 valence electrons. The van der Waals surface area contributed by atoms with Crippen molar-refractivity contribution < 1.29 is 4.94 Å². The minimum atomic E-state index is 0.383. The minimum Gasteiger partial charge on any atom is -0.207 e. The monoisotopic (exact) mass is 308 g/mol. The lowest BCUT2D eigenvalue weighted by Crippen LogP contribution is -2.34. The molecule has 0 saturated carbocycles. The summed E-state index contributed by atoms with van der Waals surface area (Å²) >= 11 is 0. The van der Waals surface area contributed by atoms with Crippen molar-refractivity contribution in [3.63, 3.8) is 0 Å². The van der Waals surface area contributed by atoms with Crippen LogP contribution in [0.15, 0.2) is 60.7 Å². The third-order valence-corrected chi connectivity index (χ3v) is 4.99. The fourth-order valence-electron chi connectivity index (χ4n) is 3.83. The van der Waals surface area contributed by atoms with Crippen molar-refractivity contribution in [3.8, 4) is 0 Å². The van der Waals surface area contributed by atoms with Crippen LogP contribution in [0.4, 0.5) is 0 Å². The van der Waals surface area contributed by atoms with Gasteiger partial charge in [0, 0.05) is 13.1 Å². The van der Waals surface area contributed by atoms with Gasteiger partial charge in [-0.1, -0.05) is 60.7 Å². The first-order chi connectivity index (χ1) is 11.4. The Hall–Kier alpha value is -1.68. The molecule has 2 aliphatic rings. The Bertz CT molecular complexity index is 561. The summed E-state index contributed by atoms with van der Waals surface area (Å²) in [6.07, 6.45) is 4.74. The van der Waals surface area contributed by atoms with Crippen molar-refractivity contribution >= 4 is 0 Å². The third kappa shape index (κ3) is 3.18. The molecule has 3 nitrogen and oxygen atoms in total. The maximum absolute atomic E-state index is 6.37. The molecule has 2 saturated heterocycles. The lowest BCUT2D eigenvalue weighted by Gasteiger charge is -2.31. The van der Waals surface area contributed by atoms with E-state index in [9.17, 15) is 0 Å². The van der Waals surface area contributed by atoms with Gasteiger partial charge in [-0.25, -0.2) is 4.94 Å². The van der Waals surface area contributed by atoms with E-state index in [0.29, 0.717) is 12.1 Å². The Morgan fingerprint density at radius 3 is 1.52 bits per heavy atom. The summed E-state index contributed by atoms with van der Waals surface area (Å²) < 4.78 is 0. The molecule has 2 fully saturated rings. The fraction of sp³-hybridized carbons (Fsp3) is 0.400. The van der Waals surface area contributed by atoms with Crippen LogP contribution in [0.25, 0.3) is 0 Å². The predicted molar refractivity (Wildman–Crippen MR) is 91.3 cm³/mol. The van der Waals surface area contributed by atoms with E-state index in [2.05, 4.69) is 70.8 Å². The Labute approximate surface area is 138 Å². The van der Waals surface area contributed by atoms with Crippen LogP contribution in [0.1, 0.15) is 48.9 Å². The first kappa shape index (κ1) is 14.9. The fourth-order valence-corrected chi connectivity index (χ4v) is 3.83. The highest BCUT2D eigenvalue weighted by Crippen LogP contribution is 2.37. The van der Waals surface area contributed by atoms with Gasteiger partial charge < -0.3 is 0 Å². The van der Waals surface area contributed by atoms with E-state index in [1.807, 2.05) is 0 Å². The number of rotatable bonds is 4. The molecule has 4 rings (SSSR count). The van der Waals surface area contributed by atoms with Crippen LogP contribution in [0.5, 0.6) is 0 Å². The second-order valence-corrected chi connectivity index (χ2v) is 6.50. The first-order valence-corrected chi connectivity index (χ1v) is 8.73. The van der Waals surface area contributed by atoms with Crippen molar-refractivity contribution in [3.05, 3.63) is 71.8 Å². The predicted octanol–water partition coefficient (Wildman–Crippen LogP) is 4.51. The van der Waals surface area contributed by atoms with Gasteiger partial charge in [-0.15, -0.1) is 0 Å². The van der Waals surface area contributed by atoms with E-state index >= 15 is 0 Å². The molecule has 23 heavy (non-hydrogen) atoms. The van der Waals surface area contributed by atoms with Crippen LogP contribution in [-0.4, -0.2) is 23.2 Å². The zero-order chi connectivity index (χ0) is 15.5. The number of hydroxylamine groups is 4. The molecule has 2 aromatic rings. The van der Waals surface area contributed by atoms with E-state index in [4.69, 9.17) is 4.94 Å². The van der Waals surface area contributed by atoms with Crippen molar-refractivity contribution in [2.24, 2.45) is 0 Å². The van der Waals surface area contributed by atoms with Gasteiger partial charge in [0.15, 0.2) is 0 Å². The van der Waals surface area contributed by atoms with E-state index in [0.717, 1.165) is 13.1 Å². The zero-order valence-corrected chi connectivity index (χ0v) is 13.5. The summed E-state index contributed by atoms with van der Waals surface area (Å²) in [6.45, 7) is 2.02. The van der Waals surface area contributed by atoms with Crippen molar-refractivity contribution in [1.82, 2.24) is 10.1 Å². The average molecular weight is 308 g/mol. The molecule has 0 aromatic heterocycles. The van der Waals surface area contributed by atoms with Crippen LogP contribution < -0.4 is 0 Å². The highest BCUT2D eigenvalue weighted by atomic mass is 16.8. The van der Waals surface area contributed by atoms with Crippen LogP contribution in [0.2, 0.25) is 0 Å². The second-order valence-electron chi connectivity index (χ2n) is 6.50. The molecule has 0 amide bonds. The largest absolute Gasteiger partial charge is 0.207 e. The van der Waals surface area contributed by atoms with Crippen molar-refractivity contribution in [2.75, 3.05) is 13.1 Å². The maximum Gasteiger partial charge on any atom is 0.0621 e. The Kier molecular flexibility index (Phi) is 4.42. The topological polar surface area (TPSA) is 15.7 Å². The molecule has 0 radical (unpaired) electrons. The molecule has 0 aliphatic carbocycles. The van der Waals surface area contributed by atoms with Crippen LogP contribution in [-0.2, 0) is 4.94 Å². The van der Waals surface area contributed by atoms with Crippen LogP contribution >= 0.6 is 0 Å². The summed E-state index contributed by atoms with van der Waals surface area (Å²) in [5.41, 5.74) is 2.72. The van der Waals surface area contributed by atoms with Gasteiger partial charge in [0.25, 0.3) is 0 Å². The van der Waals surface area contributed by atoms with Gasteiger partial charge in [0.2, 0.25) is 0 Å². The molecule has 2 aromatic carbocycles. The number of hydrogen-bond donors (Lipinski definition) is 0. The molecule has 0 N–H and O–H groups in total. The van der Waals surface area contributed by atoms with Crippen LogP contribution in [0, 0.1) is 0 Å². The first-order valence-electron chi connectivity index (χ1n) is 8.73. The molecule has 0 bridgehead atoms. The minimum absolute atomic E-state index is 0.383. The lowest BCUT2D eigenvalue weighted by atomic mass is 10.1.